The maximum atomic E-state index is 12.9. The molecule has 2 rings (SSSR count). The molecule has 1 aromatic carbocycles. The van der Waals surface area contributed by atoms with E-state index in [-0.39, 0.29) is 27.9 Å². The average molecular weight is 333 g/mol. The smallest absolute Gasteiger partial charge is 0.306 e. The molecule has 23 heavy (non-hydrogen) atoms. The third-order valence-corrected chi connectivity index (χ3v) is 4.38. The molecule has 0 amide bonds. The van der Waals surface area contributed by atoms with Gasteiger partial charge in [0.25, 0.3) is 5.56 Å². The van der Waals surface area contributed by atoms with E-state index in [1.165, 1.54) is 9.36 Å². The van der Waals surface area contributed by atoms with Gasteiger partial charge < -0.3 is 5.73 Å². The topological polar surface area (TPSA) is 70.0 Å². The van der Waals surface area contributed by atoms with E-state index >= 15 is 0 Å². The molecular formula is C17H23N3O2S. The summed E-state index contributed by atoms with van der Waals surface area (Å²) < 4.78 is 2.76. The van der Waals surface area contributed by atoms with Crippen LogP contribution < -0.4 is 11.3 Å². The van der Waals surface area contributed by atoms with Crippen molar-refractivity contribution in [3.8, 4) is 11.1 Å². The van der Waals surface area contributed by atoms with Gasteiger partial charge in [0.2, 0.25) is 0 Å². The van der Waals surface area contributed by atoms with Crippen LogP contribution in [0.25, 0.3) is 11.1 Å². The standard InChI is InChI=1S/C17H23N3O2S/c1-10(2)19-16(21)14(13-9-7-6-8-12(13)5)15(18)20(19)17(22)23-11(3)4/h6-11H,18H2,1-5H3. The number of thioether (sulfide) groups is 1. The molecule has 0 radical (unpaired) electrons. The highest BCUT2D eigenvalue weighted by molar-refractivity contribution is 8.14. The number of hydrogen-bond acceptors (Lipinski definition) is 4. The van der Waals surface area contributed by atoms with Crippen molar-refractivity contribution >= 4 is 22.8 Å². The summed E-state index contributed by atoms with van der Waals surface area (Å²) in [6.07, 6.45) is 0. The van der Waals surface area contributed by atoms with Crippen molar-refractivity contribution in [2.45, 2.75) is 45.9 Å². The summed E-state index contributed by atoms with van der Waals surface area (Å²) in [6.45, 7) is 9.53. The number of hydrogen-bond donors (Lipinski definition) is 1. The maximum absolute atomic E-state index is 12.9. The first-order valence-electron chi connectivity index (χ1n) is 7.65. The van der Waals surface area contributed by atoms with Gasteiger partial charge in [-0.05, 0) is 31.9 Å². The summed E-state index contributed by atoms with van der Waals surface area (Å²) in [6, 6.07) is 7.39. The van der Waals surface area contributed by atoms with Crippen LogP contribution in [0.3, 0.4) is 0 Å². The number of benzene rings is 1. The van der Waals surface area contributed by atoms with Crippen molar-refractivity contribution in [3.05, 3.63) is 40.2 Å². The van der Waals surface area contributed by atoms with Gasteiger partial charge in [0.1, 0.15) is 5.82 Å². The van der Waals surface area contributed by atoms with Gasteiger partial charge in [-0.25, -0.2) is 4.68 Å². The second kappa shape index (κ2) is 6.66. The Balaban J connectivity index is 2.75. The monoisotopic (exact) mass is 333 g/mol. The van der Waals surface area contributed by atoms with E-state index in [2.05, 4.69) is 0 Å². The van der Waals surface area contributed by atoms with Crippen molar-refractivity contribution < 1.29 is 4.79 Å². The number of nitrogens with zero attached hydrogens (tertiary/aromatic N) is 2. The van der Waals surface area contributed by atoms with Gasteiger partial charge in [0.05, 0.1) is 5.56 Å². The van der Waals surface area contributed by atoms with E-state index in [4.69, 9.17) is 5.73 Å². The predicted molar refractivity (Wildman–Crippen MR) is 97.2 cm³/mol. The summed E-state index contributed by atoms with van der Waals surface area (Å²) in [5.41, 5.74) is 8.12. The highest BCUT2D eigenvalue weighted by atomic mass is 32.2. The lowest BCUT2D eigenvalue weighted by Gasteiger charge is -2.14. The minimum absolute atomic E-state index is 0.113. The normalized spacial score (nSPS) is 11.4. The number of carbonyl (C=O) groups is 1. The number of carbonyl (C=O) groups excluding carboxylic acids is 1. The second-order valence-corrected chi connectivity index (χ2v) is 7.59. The molecule has 6 heteroatoms. The largest absolute Gasteiger partial charge is 0.383 e. The van der Waals surface area contributed by atoms with E-state index in [9.17, 15) is 9.59 Å². The minimum atomic E-state index is -0.233. The molecule has 0 aliphatic heterocycles. The Morgan fingerprint density at radius 1 is 1.17 bits per heavy atom. The van der Waals surface area contributed by atoms with Crippen LogP contribution in [-0.2, 0) is 0 Å². The molecular weight excluding hydrogens is 310 g/mol. The van der Waals surface area contributed by atoms with Gasteiger partial charge in [-0.1, -0.05) is 49.9 Å². The minimum Gasteiger partial charge on any atom is -0.383 e. The van der Waals surface area contributed by atoms with Gasteiger partial charge in [-0.3, -0.25) is 9.59 Å². The molecule has 0 saturated heterocycles. The number of nitrogen functional groups attached to an aromatic ring is 1. The molecule has 2 aromatic rings. The molecule has 2 N–H and O–H groups in total. The average Bonchev–Trinajstić information content (AvgIpc) is 2.70. The molecule has 0 fully saturated rings. The zero-order valence-corrected chi connectivity index (χ0v) is 15.0. The van der Waals surface area contributed by atoms with Gasteiger partial charge >= 0.3 is 5.24 Å². The lowest BCUT2D eigenvalue weighted by Crippen LogP contribution is -2.28. The summed E-state index contributed by atoms with van der Waals surface area (Å²) in [5, 5.41) is -0.120. The zero-order valence-electron chi connectivity index (χ0n) is 14.2. The molecule has 0 atom stereocenters. The Hall–Kier alpha value is -1.95. The SMILES string of the molecule is Cc1ccccc1-c1c(N)n(C(=O)SC(C)C)n(C(C)C)c1=O. The fourth-order valence-corrected chi connectivity index (χ4v) is 3.24. The van der Waals surface area contributed by atoms with E-state index < -0.39 is 0 Å². The molecule has 0 bridgehead atoms. The molecule has 0 spiro atoms. The Kier molecular flexibility index (Phi) is 5.04. The van der Waals surface area contributed by atoms with E-state index in [0.717, 1.165) is 22.9 Å². The molecule has 1 heterocycles. The van der Waals surface area contributed by atoms with Gasteiger partial charge in [-0.15, -0.1) is 0 Å². The lowest BCUT2D eigenvalue weighted by molar-refractivity contribution is 0.254. The summed E-state index contributed by atoms with van der Waals surface area (Å²) in [5.74, 6) is 0.205. The number of aryl methyl sites for hydroxylation is 1. The van der Waals surface area contributed by atoms with Crippen LogP contribution >= 0.6 is 11.8 Å². The first-order valence-corrected chi connectivity index (χ1v) is 8.53. The Labute approximate surface area is 140 Å². The van der Waals surface area contributed by atoms with Gasteiger partial charge in [-0.2, -0.15) is 4.68 Å². The number of anilines is 1. The fraction of sp³-hybridized carbons (Fsp3) is 0.412. The first kappa shape index (κ1) is 17.4. The summed E-state index contributed by atoms with van der Waals surface area (Å²) in [7, 11) is 0. The van der Waals surface area contributed by atoms with E-state index in [0.29, 0.717) is 5.56 Å². The summed E-state index contributed by atoms with van der Waals surface area (Å²) in [4.78, 5) is 25.5. The zero-order chi connectivity index (χ0) is 17.3. The van der Waals surface area contributed by atoms with Crippen LogP contribution in [0, 0.1) is 6.92 Å². The molecule has 0 unspecified atom stereocenters. The number of rotatable bonds is 3. The van der Waals surface area contributed by atoms with Crippen molar-refractivity contribution in [1.82, 2.24) is 9.36 Å². The Bertz CT molecular complexity index is 788. The van der Waals surface area contributed by atoms with Crippen LogP contribution in [0.15, 0.2) is 29.1 Å². The molecule has 0 aliphatic rings. The molecule has 5 nitrogen and oxygen atoms in total. The van der Waals surface area contributed by atoms with E-state index in [1.54, 1.807) is 0 Å². The van der Waals surface area contributed by atoms with E-state index in [1.807, 2.05) is 58.9 Å². The highest BCUT2D eigenvalue weighted by Crippen LogP contribution is 2.29. The summed E-state index contributed by atoms with van der Waals surface area (Å²) >= 11 is 1.16. The van der Waals surface area contributed by atoms with Crippen molar-refractivity contribution in [3.63, 3.8) is 0 Å². The Morgan fingerprint density at radius 2 is 1.78 bits per heavy atom. The van der Waals surface area contributed by atoms with Crippen molar-refractivity contribution in [2.75, 3.05) is 5.73 Å². The quantitative estimate of drug-likeness (QED) is 0.925. The number of nitrogens with two attached hydrogens (primary N) is 1. The van der Waals surface area contributed by atoms with Crippen molar-refractivity contribution in [1.29, 1.82) is 0 Å². The molecule has 0 saturated carbocycles. The molecule has 0 aliphatic carbocycles. The maximum Gasteiger partial charge on any atom is 0.306 e. The predicted octanol–water partition coefficient (Wildman–Crippen LogP) is 3.90. The third kappa shape index (κ3) is 3.22. The first-order chi connectivity index (χ1) is 10.8. The van der Waals surface area contributed by atoms with Crippen LogP contribution in [0.1, 0.15) is 39.3 Å². The molecule has 124 valence electrons. The lowest BCUT2D eigenvalue weighted by atomic mass is 10.0. The third-order valence-electron chi connectivity index (χ3n) is 3.53. The van der Waals surface area contributed by atoms with Gasteiger partial charge in [0.15, 0.2) is 0 Å². The van der Waals surface area contributed by atoms with Gasteiger partial charge in [0, 0.05) is 11.3 Å². The van der Waals surface area contributed by atoms with Crippen LogP contribution in [-0.4, -0.2) is 19.9 Å². The second-order valence-electron chi connectivity index (χ2n) is 6.06. The van der Waals surface area contributed by atoms with Crippen LogP contribution in [0.2, 0.25) is 0 Å². The van der Waals surface area contributed by atoms with Crippen LogP contribution in [0.4, 0.5) is 10.6 Å². The number of aromatic nitrogens is 2. The fourth-order valence-electron chi connectivity index (χ4n) is 2.55. The molecule has 1 aromatic heterocycles. The van der Waals surface area contributed by atoms with Crippen molar-refractivity contribution in [2.24, 2.45) is 0 Å². The highest BCUT2D eigenvalue weighted by Gasteiger charge is 2.26. The Morgan fingerprint density at radius 3 is 2.30 bits per heavy atom. The van der Waals surface area contributed by atoms with Crippen LogP contribution in [0.5, 0.6) is 0 Å².